The van der Waals surface area contributed by atoms with Crippen molar-refractivity contribution in [1.29, 1.82) is 0 Å². The number of rotatable bonds is 2. The number of nitrogens with one attached hydrogen (secondary N) is 1. The number of halogens is 1. The van der Waals surface area contributed by atoms with Crippen LogP contribution in [0.25, 0.3) is 10.9 Å². The maximum Gasteiger partial charge on any atom is 0.318 e. The Morgan fingerprint density at radius 2 is 1.88 bits per heavy atom. The molecule has 3 heterocycles. The van der Waals surface area contributed by atoms with Gasteiger partial charge in [0.25, 0.3) is 5.91 Å². The summed E-state index contributed by atoms with van der Waals surface area (Å²) in [7, 11) is 0. The van der Waals surface area contributed by atoms with Gasteiger partial charge in [-0.15, -0.1) is 0 Å². The van der Waals surface area contributed by atoms with Crippen LogP contribution in [0.1, 0.15) is 26.2 Å². The number of pyridine rings is 1. The lowest BCUT2D eigenvalue weighted by atomic mass is 10.1. The molecule has 1 atom stereocenters. The number of nitrogens with zero attached hydrogens (tertiary/aromatic N) is 4. The number of carbonyl (C=O) groups excluding carboxylic acids is 3. The highest BCUT2D eigenvalue weighted by atomic mass is 35.5. The maximum atomic E-state index is 12.8. The van der Waals surface area contributed by atoms with Crippen molar-refractivity contribution in [2.45, 2.75) is 32.2 Å². The van der Waals surface area contributed by atoms with Crippen molar-refractivity contribution in [3.05, 3.63) is 29.3 Å². The fourth-order valence-electron chi connectivity index (χ4n) is 4.34. The number of nitrogen functional groups attached to an aromatic ring is 1. The summed E-state index contributed by atoms with van der Waals surface area (Å²) in [5.74, 6) is -0.189. The van der Waals surface area contributed by atoms with Crippen LogP contribution in [-0.4, -0.2) is 71.4 Å². The number of hydrogen-bond donors (Lipinski definition) is 2. The molecule has 9 nitrogen and oxygen atoms in total. The fourth-order valence-corrected chi connectivity index (χ4v) is 4.51. The van der Waals surface area contributed by atoms with Crippen LogP contribution < -0.4 is 16.0 Å². The molecule has 4 rings (SSSR count). The molecule has 0 spiro atoms. The number of piperazine rings is 1. The number of benzene rings is 1. The normalized spacial score (nSPS) is 19.8. The van der Waals surface area contributed by atoms with Gasteiger partial charge in [0.2, 0.25) is 5.91 Å². The van der Waals surface area contributed by atoms with Gasteiger partial charge in [-0.3, -0.25) is 14.5 Å². The van der Waals surface area contributed by atoms with Crippen molar-refractivity contribution in [3.63, 3.8) is 0 Å². The van der Waals surface area contributed by atoms with E-state index < -0.39 is 6.04 Å². The van der Waals surface area contributed by atoms with Crippen LogP contribution in [0.2, 0.25) is 5.02 Å². The number of fused-ring (bicyclic) bond motifs is 1. The lowest BCUT2D eigenvalue weighted by Gasteiger charge is -2.37. The van der Waals surface area contributed by atoms with Gasteiger partial charge in [0.15, 0.2) is 0 Å². The second kappa shape index (κ2) is 9.20. The molecule has 0 aliphatic carbocycles. The second-order valence-corrected chi connectivity index (χ2v) is 8.65. The summed E-state index contributed by atoms with van der Waals surface area (Å²) in [6.45, 7) is 4.03. The van der Waals surface area contributed by atoms with Crippen molar-refractivity contribution in [2.75, 3.05) is 43.4 Å². The summed E-state index contributed by atoms with van der Waals surface area (Å²) in [5.41, 5.74) is 7.69. The Hall–Kier alpha value is -3.07. The number of aromatic nitrogens is 1. The molecule has 32 heavy (non-hydrogen) atoms. The lowest BCUT2D eigenvalue weighted by Crippen LogP contribution is -2.56. The second-order valence-electron chi connectivity index (χ2n) is 8.21. The number of amides is 4. The fraction of sp³-hybridized carbons (Fsp3) is 0.455. The smallest absolute Gasteiger partial charge is 0.318 e. The third-order valence-corrected chi connectivity index (χ3v) is 6.28. The third-order valence-electron chi connectivity index (χ3n) is 6.04. The van der Waals surface area contributed by atoms with Crippen molar-refractivity contribution in [1.82, 2.24) is 20.1 Å². The standard InChI is InChI=1S/C22H27ClN6O3/c1-14(30)29-7-3-2-4-17(21(29)31)26-22(32)28-10-8-27(9-11-28)19-13-20(24)25-18-12-15(23)5-6-16(18)19/h5-6,12-13,17H,2-4,7-11H2,1H3,(H2,24,25)(H,26,32)/t17-/m0/s1. The molecule has 2 fully saturated rings. The number of carbonyl (C=O) groups is 3. The van der Waals surface area contributed by atoms with Gasteiger partial charge in [-0.2, -0.15) is 0 Å². The molecule has 1 aromatic carbocycles. The first kappa shape index (κ1) is 22.1. The van der Waals surface area contributed by atoms with E-state index in [9.17, 15) is 14.4 Å². The molecular formula is C22H27ClN6O3. The van der Waals surface area contributed by atoms with E-state index in [-0.39, 0.29) is 17.8 Å². The van der Waals surface area contributed by atoms with Crippen LogP contribution in [0, 0.1) is 0 Å². The van der Waals surface area contributed by atoms with Crippen LogP contribution in [0.4, 0.5) is 16.3 Å². The van der Waals surface area contributed by atoms with Crippen LogP contribution in [0.5, 0.6) is 0 Å². The summed E-state index contributed by atoms with van der Waals surface area (Å²) in [6, 6.07) is 6.43. The minimum atomic E-state index is -0.666. The molecule has 170 valence electrons. The average molecular weight is 459 g/mol. The first-order valence-electron chi connectivity index (χ1n) is 10.8. The van der Waals surface area contributed by atoms with E-state index in [1.54, 1.807) is 11.0 Å². The molecule has 1 aromatic heterocycles. The van der Waals surface area contributed by atoms with Crippen LogP contribution >= 0.6 is 11.6 Å². The van der Waals surface area contributed by atoms with Crippen molar-refractivity contribution in [2.24, 2.45) is 0 Å². The van der Waals surface area contributed by atoms with E-state index >= 15 is 0 Å². The highest BCUT2D eigenvalue weighted by Gasteiger charge is 2.32. The molecule has 0 unspecified atom stereocenters. The van der Waals surface area contributed by atoms with Gasteiger partial charge in [-0.05, 0) is 37.5 Å². The molecule has 0 saturated carbocycles. The minimum absolute atomic E-state index is 0.278. The Bertz CT molecular complexity index is 1050. The molecule has 2 saturated heterocycles. The van der Waals surface area contributed by atoms with Crippen molar-refractivity contribution in [3.8, 4) is 0 Å². The van der Waals surface area contributed by atoms with Crippen molar-refractivity contribution < 1.29 is 14.4 Å². The number of urea groups is 1. The molecule has 2 aliphatic rings. The summed E-state index contributed by atoms with van der Waals surface area (Å²) in [6.07, 6.45) is 2.08. The largest absolute Gasteiger partial charge is 0.384 e. The molecule has 2 aliphatic heterocycles. The monoisotopic (exact) mass is 458 g/mol. The first-order valence-corrected chi connectivity index (χ1v) is 11.2. The zero-order valence-corrected chi connectivity index (χ0v) is 18.8. The first-order chi connectivity index (χ1) is 15.3. The molecule has 0 radical (unpaired) electrons. The van der Waals surface area contributed by atoms with E-state index in [0.29, 0.717) is 50.0 Å². The summed E-state index contributed by atoms with van der Waals surface area (Å²) in [4.78, 5) is 46.7. The number of anilines is 2. The zero-order chi connectivity index (χ0) is 22.8. The Morgan fingerprint density at radius 3 is 2.59 bits per heavy atom. The third kappa shape index (κ3) is 4.57. The summed E-state index contributed by atoms with van der Waals surface area (Å²) >= 11 is 6.10. The quantitative estimate of drug-likeness (QED) is 0.713. The molecule has 2 aromatic rings. The number of nitrogens with two attached hydrogens (primary N) is 1. The van der Waals surface area contributed by atoms with Gasteiger partial charge in [0.1, 0.15) is 11.9 Å². The Morgan fingerprint density at radius 1 is 1.12 bits per heavy atom. The van der Waals surface area contributed by atoms with Crippen LogP contribution in [-0.2, 0) is 9.59 Å². The van der Waals surface area contributed by atoms with E-state index in [2.05, 4.69) is 15.2 Å². The molecular weight excluding hydrogens is 432 g/mol. The van der Waals surface area contributed by atoms with Gasteiger partial charge < -0.3 is 20.9 Å². The van der Waals surface area contributed by atoms with Gasteiger partial charge in [-0.1, -0.05) is 11.6 Å². The maximum absolute atomic E-state index is 12.8. The summed E-state index contributed by atoms with van der Waals surface area (Å²) < 4.78 is 0. The van der Waals surface area contributed by atoms with Gasteiger partial charge in [0.05, 0.1) is 5.52 Å². The Balaban J connectivity index is 1.42. The molecule has 4 amide bonds. The number of hydrogen-bond acceptors (Lipinski definition) is 6. The Kier molecular flexibility index (Phi) is 6.36. The van der Waals surface area contributed by atoms with E-state index in [1.165, 1.54) is 11.8 Å². The molecule has 10 heteroatoms. The predicted molar refractivity (Wildman–Crippen MR) is 124 cm³/mol. The van der Waals surface area contributed by atoms with E-state index in [1.807, 2.05) is 18.2 Å². The van der Waals surface area contributed by atoms with Crippen LogP contribution in [0.3, 0.4) is 0 Å². The number of likely N-dealkylation sites (tertiary alicyclic amines) is 1. The van der Waals surface area contributed by atoms with Gasteiger partial charge in [0, 0.05) is 61.8 Å². The Labute approximate surface area is 191 Å². The summed E-state index contributed by atoms with van der Waals surface area (Å²) in [5, 5.41) is 4.39. The zero-order valence-electron chi connectivity index (χ0n) is 18.0. The SMILES string of the molecule is CC(=O)N1CCCC[C@H](NC(=O)N2CCN(c3cc(N)nc4cc(Cl)ccc34)CC2)C1=O. The highest BCUT2D eigenvalue weighted by molar-refractivity contribution is 6.31. The van der Waals surface area contributed by atoms with Gasteiger partial charge >= 0.3 is 6.03 Å². The predicted octanol–water partition coefficient (Wildman–Crippen LogP) is 2.23. The topological polar surface area (TPSA) is 112 Å². The minimum Gasteiger partial charge on any atom is -0.384 e. The molecule has 3 N–H and O–H groups in total. The number of imide groups is 1. The van der Waals surface area contributed by atoms with Crippen molar-refractivity contribution >= 4 is 51.9 Å². The average Bonchev–Trinajstić information content (AvgIpc) is 2.94. The molecule has 0 bridgehead atoms. The van der Waals surface area contributed by atoms with E-state index in [4.69, 9.17) is 17.3 Å². The highest BCUT2D eigenvalue weighted by Crippen LogP contribution is 2.30. The van der Waals surface area contributed by atoms with E-state index in [0.717, 1.165) is 29.4 Å². The van der Waals surface area contributed by atoms with Gasteiger partial charge in [-0.25, -0.2) is 9.78 Å². The lowest BCUT2D eigenvalue weighted by molar-refractivity contribution is -0.144. The van der Waals surface area contributed by atoms with Crippen LogP contribution in [0.15, 0.2) is 24.3 Å².